The van der Waals surface area contributed by atoms with Crippen LogP contribution in [-0.2, 0) is 4.79 Å². The van der Waals surface area contributed by atoms with Gasteiger partial charge < -0.3 is 35.1 Å². The van der Waals surface area contributed by atoms with E-state index >= 15 is 0 Å². The van der Waals surface area contributed by atoms with Crippen molar-refractivity contribution in [3.63, 3.8) is 0 Å². The molecule has 0 atom stereocenters. The number of hydrogen-bond donors (Lipinski definition) is 3. The van der Waals surface area contributed by atoms with Crippen molar-refractivity contribution in [2.45, 2.75) is 18.9 Å². The van der Waals surface area contributed by atoms with Gasteiger partial charge in [-0.25, -0.2) is 4.79 Å². The van der Waals surface area contributed by atoms with Crippen LogP contribution in [0.4, 0.5) is 21.9 Å². The van der Waals surface area contributed by atoms with E-state index in [1.807, 2.05) is 36.4 Å². The second kappa shape index (κ2) is 12.9. The summed E-state index contributed by atoms with van der Waals surface area (Å²) in [5, 5.41) is 9.46. The third-order valence-electron chi connectivity index (χ3n) is 7.04. The van der Waals surface area contributed by atoms with Crippen LogP contribution in [0, 0.1) is 0 Å². The minimum atomic E-state index is -0.370. The highest BCUT2D eigenvalue weighted by Gasteiger charge is 2.20. The molecule has 42 heavy (non-hydrogen) atoms. The molecule has 0 aliphatic carbocycles. The summed E-state index contributed by atoms with van der Waals surface area (Å²) in [6.45, 7) is 5.18. The molecule has 2 heterocycles. The fourth-order valence-corrected chi connectivity index (χ4v) is 4.89. The number of anilines is 3. The fraction of sp³-hybridized carbons (Fsp3) is 0.219. The van der Waals surface area contributed by atoms with Gasteiger partial charge in [-0.05, 0) is 67.4 Å². The van der Waals surface area contributed by atoms with Gasteiger partial charge in [-0.1, -0.05) is 12.6 Å². The van der Waals surface area contributed by atoms with Crippen LogP contribution in [0.25, 0.3) is 10.9 Å². The Labute approximate surface area is 244 Å². The SMILES string of the molecule is C=CC(=O)NC1CCN(c2ccc(NC(=O)Nc3cccc(Oc4ccnc5cc(OC)c(OC)cc45)c3)cc2)CC1. The smallest absolute Gasteiger partial charge is 0.323 e. The van der Waals surface area contributed by atoms with Gasteiger partial charge in [0.15, 0.2) is 11.5 Å². The van der Waals surface area contributed by atoms with Crippen molar-refractivity contribution in [1.29, 1.82) is 0 Å². The second-order valence-corrected chi connectivity index (χ2v) is 9.76. The first-order chi connectivity index (χ1) is 20.4. The van der Waals surface area contributed by atoms with Gasteiger partial charge in [0.05, 0.1) is 19.7 Å². The topological polar surface area (TPSA) is 114 Å². The summed E-state index contributed by atoms with van der Waals surface area (Å²) < 4.78 is 17.0. The Morgan fingerprint density at radius 3 is 2.33 bits per heavy atom. The molecular weight excluding hydrogens is 534 g/mol. The molecule has 3 amide bonds. The molecule has 1 fully saturated rings. The molecule has 1 saturated heterocycles. The summed E-state index contributed by atoms with van der Waals surface area (Å²) in [5.74, 6) is 2.16. The molecule has 10 nitrogen and oxygen atoms in total. The normalized spacial score (nSPS) is 13.2. The van der Waals surface area contributed by atoms with Crippen molar-refractivity contribution >= 4 is 39.9 Å². The molecule has 0 unspecified atom stereocenters. The first-order valence-corrected chi connectivity index (χ1v) is 13.6. The summed E-state index contributed by atoms with van der Waals surface area (Å²) in [5.41, 5.74) is 3.01. The zero-order valence-electron chi connectivity index (χ0n) is 23.6. The van der Waals surface area contributed by atoms with Crippen molar-refractivity contribution in [1.82, 2.24) is 10.3 Å². The van der Waals surface area contributed by atoms with Gasteiger partial charge in [0.2, 0.25) is 5.91 Å². The van der Waals surface area contributed by atoms with E-state index in [0.29, 0.717) is 39.9 Å². The number of aromatic nitrogens is 1. The molecular formula is C32H33N5O5. The van der Waals surface area contributed by atoms with Crippen LogP contribution in [0.15, 0.2) is 85.6 Å². The molecule has 216 valence electrons. The summed E-state index contributed by atoms with van der Waals surface area (Å²) in [4.78, 5) is 31.0. The minimum Gasteiger partial charge on any atom is -0.493 e. The molecule has 5 rings (SSSR count). The third-order valence-corrected chi connectivity index (χ3v) is 7.04. The van der Waals surface area contributed by atoms with E-state index in [1.54, 1.807) is 50.7 Å². The average Bonchev–Trinajstić information content (AvgIpc) is 3.01. The maximum atomic E-state index is 12.7. The number of pyridine rings is 1. The number of amides is 3. The van der Waals surface area contributed by atoms with Crippen LogP contribution in [0.1, 0.15) is 12.8 Å². The number of fused-ring (bicyclic) bond motifs is 1. The lowest BCUT2D eigenvalue weighted by atomic mass is 10.0. The maximum Gasteiger partial charge on any atom is 0.323 e. The zero-order chi connectivity index (χ0) is 29.5. The van der Waals surface area contributed by atoms with Gasteiger partial charge in [-0.3, -0.25) is 9.78 Å². The Kier molecular flexibility index (Phi) is 8.72. The van der Waals surface area contributed by atoms with Crippen LogP contribution < -0.4 is 35.1 Å². The molecule has 1 aromatic heterocycles. The number of urea groups is 1. The largest absolute Gasteiger partial charge is 0.493 e. The highest BCUT2D eigenvalue weighted by atomic mass is 16.5. The Bertz CT molecular complexity index is 1580. The summed E-state index contributed by atoms with van der Waals surface area (Å²) >= 11 is 0. The monoisotopic (exact) mass is 567 g/mol. The van der Waals surface area contributed by atoms with Crippen molar-refractivity contribution in [3.8, 4) is 23.0 Å². The van der Waals surface area contributed by atoms with E-state index in [0.717, 1.165) is 37.0 Å². The van der Waals surface area contributed by atoms with Crippen molar-refractivity contribution < 1.29 is 23.8 Å². The van der Waals surface area contributed by atoms with E-state index < -0.39 is 0 Å². The first-order valence-electron chi connectivity index (χ1n) is 13.6. The van der Waals surface area contributed by atoms with Gasteiger partial charge in [-0.2, -0.15) is 0 Å². The summed E-state index contributed by atoms with van der Waals surface area (Å²) in [6.07, 6.45) is 4.70. The zero-order valence-corrected chi connectivity index (χ0v) is 23.6. The van der Waals surface area contributed by atoms with E-state index in [9.17, 15) is 9.59 Å². The second-order valence-electron chi connectivity index (χ2n) is 9.76. The maximum absolute atomic E-state index is 12.7. The molecule has 3 N–H and O–H groups in total. The number of nitrogens with zero attached hydrogens (tertiary/aromatic N) is 2. The first kappa shape index (κ1) is 28.3. The number of carbonyl (C=O) groups is 2. The Balaban J connectivity index is 1.18. The fourth-order valence-electron chi connectivity index (χ4n) is 4.89. The van der Waals surface area contributed by atoms with E-state index in [1.165, 1.54) is 6.08 Å². The number of benzene rings is 3. The van der Waals surface area contributed by atoms with Crippen LogP contribution in [0.2, 0.25) is 0 Å². The molecule has 0 bridgehead atoms. The number of piperidine rings is 1. The molecule has 1 aliphatic rings. The van der Waals surface area contributed by atoms with Crippen LogP contribution in [0.3, 0.4) is 0 Å². The van der Waals surface area contributed by atoms with Crippen molar-refractivity contribution in [2.24, 2.45) is 0 Å². The van der Waals surface area contributed by atoms with Crippen molar-refractivity contribution in [2.75, 3.05) is 42.8 Å². The molecule has 0 spiro atoms. The molecule has 3 aromatic carbocycles. The van der Waals surface area contributed by atoms with Gasteiger partial charge >= 0.3 is 6.03 Å². The van der Waals surface area contributed by atoms with Crippen LogP contribution >= 0.6 is 0 Å². The number of rotatable bonds is 9. The van der Waals surface area contributed by atoms with E-state index in [-0.39, 0.29) is 18.0 Å². The molecule has 0 saturated carbocycles. The van der Waals surface area contributed by atoms with Gasteiger partial charge in [0.1, 0.15) is 11.5 Å². The van der Waals surface area contributed by atoms with Gasteiger partial charge in [0, 0.05) is 59.9 Å². The minimum absolute atomic E-state index is 0.133. The molecule has 0 radical (unpaired) electrons. The predicted octanol–water partition coefficient (Wildman–Crippen LogP) is 5.96. The lowest BCUT2D eigenvalue weighted by Gasteiger charge is -2.33. The number of carbonyl (C=O) groups excluding carboxylic acids is 2. The Morgan fingerprint density at radius 1 is 0.905 bits per heavy atom. The van der Waals surface area contributed by atoms with Crippen LogP contribution in [0.5, 0.6) is 23.0 Å². The highest BCUT2D eigenvalue weighted by molar-refractivity contribution is 6.00. The Hall–Kier alpha value is -5.25. The number of nitrogens with one attached hydrogen (secondary N) is 3. The van der Waals surface area contributed by atoms with Crippen molar-refractivity contribution in [3.05, 3.63) is 85.6 Å². The van der Waals surface area contributed by atoms with Gasteiger partial charge in [-0.15, -0.1) is 0 Å². The average molecular weight is 568 g/mol. The quantitative estimate of drug-likeness (QED) is 0.214. The molecule has 10 heteroatoms. The molecule has 4 aromatic rings. The molecule has 1 aliphatic heterocycles. The highest BCUT2D eigenvalue weighted by Crippen LogP contribution is 2.37. The predicted molar refractivity (Wildman–Crippen MR) is 164 cm³/mol. The lowest BCUT2D eigenvalue weighted by molar-refractivity contribution is -0.117. The van der Waals surface area contributed by atoms with Crippen LogP contribution in [-0.4, -0.2) is 50.3 Å². The van der Waals surface area contributed by atoms with E-state index in [4.69, 9.17) is 14.2 Å². The summed E-state index contributed by atoms with van der Waals surface area (Å²) in [6, 6.07) is 20.0. The lowest BCUT2D eigenvalue weighted by Crippen LogP contribution is -2.44. The Morgan fingerprint density at radius 2 is 1.62 bits per heavy atom. The number of methoxy groups -OCH3 is 2. The number of hydrogen-bond acceptors (Lipinski definition) is 7. The standard InChI is InChI=1S/C32H33N5O5/c1-4-31(38)34-22-13-16-37(17-14-22)24-10-8-21(9-11-24)35-32(39)36-23-6-5-7-25(18-23)42-28-12-15-33-27-20-30(41-3)29(40-2)19-26(27)28/h4-12,15,18-20,22H,1,13-14,16-17H2,2-3H3,(H,34,38)(H2,35,36,39). The number of ether oxygens (including phenoxy) is 3. The summed E-state index contributed by atoms with van der Waals surface area (Å²) in [7, 11) is 3.15. The van der Waals surface area contributed by atoms with E-state index in [2.05, 4.69) is 32.4 Å². The third kappa shape index (κ3) is 6.72. The van der Waals surface area contributed by atoms with Gasteiger partial charge in [0.25, 0.3) is 0 Å².